The summed E-state index contributed by atoms with van der Waals surface area (Å²) in [5, 5.41) is 4.05. The first kappa shape index (κ1) is 14.6. The zero-order valence-electron chi connectivity index (χ0n) is 10.5. The summed E-state index contributed by atoms with van der Waals surface area (Å²) in [6.45, 7) is 2.05. The van der Waals surface area contributed by atoms with Crippen LogP contribution in [-0.2, 0) is 6.42 Å². The molecule has 1 unspecified atom stereocenters. The predicted octanol–water partition coefficient (Wildman–Crippen LogP) is 5.13. The van der Waals surface area contributed by atoms with Crippen molar-refractivity contribution in [3.8, 4) is 0 Å². The van der Waals surface area contributed by atoms with Gasteiger partial charge in [0, 0.05) is 9.61 Å². The van der Waals surface area contributed by atoms with Gasteiger partial charge < -0.3 is 5.32 Å². The molecule has 100 valence electrons. The van der Waals surface area contributed by atoms with E-state index in [1.807, 2.05) is 24.3 Å². The summed E-state index contributed by atoms with van der Waals surface area (Å²) >= 11 is 8.40. The van der Waals surface area contributed by atoms with Gasteiger partial charge in [0.05, 0.1) is 10.7 Å². The Labute approximate surface area is 131 Å². The topological polar surface area (TPSA) is 12.0 Å². The molecule has 0 aliphatic carbocycles. The van der Waals surface area contributed by atoms with Crippen LogP contribution in [0.3, 0.4) is 0 Å². The molecule has 0 aliphatic rings. The second kappa shape index (κ2) is 6.57. The molecule has 0 amide bonds. The minimum atomic E-state index is -0.197. The van der Waals surface area contributed by atoms with Gasteiger partial charge in [0.25, 0.3) is 0 Å². The molecule has 4 heteroatoms. The highest BCUT2D eigenvalue weighted by Crippen LogP contribution is 2.25. The van der Waals surface area contributed by atoms with Crippen molar-refractivity contribution in [1.29, 1.82) is 0 Å². The quantitative estimate of drug-likeness (QED) is 0.715. The van der Waals surface area contributed by atoms with Crippen LogP contribution in [-0.4, -0.2) is 6.04 Å². The summed E-state index contributed by atoms with van der Waals surface area (Å²) in [6, 6.07) is 12.7. The second-order valence-corrected chi connectivity index (χ2v) is 6.16. The third-order valence-corrected chi connectivity index (χ3v) is 3.75. The van der Waals surface area contributed by atoms with E-state index in [0.717, 1.165) is 21.2 Å². The molecule has 19 heavy (non-hydrogen) atoms. The van der Waals surface area contributed by atoms with Crippen molar-refractivity contribution in [3.63, 3.8) is 0 Å². The lowest BCUT2D eigenvalue weighted by atomic mass is 10.1. The van der Waals surface area contributed by atoms with Crippen molar-refractivity contribution < 1.29 is 4.39 Å². The van der Waals surface area contributed by atoms with E-state index in [2.05, 4.69) is 34.8 Å². The summed E-state index contributed by atoms with van der Waals surface area (Å²) < 4.78 is 14.2. The molecule has 0 saturated heterocycles. The number of hydrogen-bond donors (Lipinski definition) is 1. The molecule has 2 aromatic carbocycles. The number of rotatable bonds is 4. The predicted molar refractivity (Wildman–Crippen MR) is 87.4 cm³/mol. The summed E-state index contributed by atoms with van der Waals surface area (Å²) in [6.07, 6.45) is 0.750. The van der Waals surface area contributed by atoms with Crippen LogP contribution in [0, 0.1) is 9.39 Å². The standard InChI is InChI=1S/C15H14ClFIN/c1-10(7-11-3-2-4-12(17)8-11)19-15-6-5-13(18)9-14(15)16/h2-6,8-10,19H,7H2,1H3. The summed E-state index contributed by atoms with van der Waals surface area (Å²) in [4.78, 5) is 0. The first-order valence-electron chi connectivity index (χ1n) is 6.00. The molecule has 1 atom stereocenters. The van der Waals surface area contributed by atoms with E-state index < -0.39 is 0 Å². The van der Waals surface area contributed by atoms with Gasteiger partial charge in [-0.1, -0.05) is 23.7 Å². The molecule has 1 N–H and O–H groups in total. The molecule has 0 radical (unpaired) electrons. The van der Waals surface area contributed by atoms with Crippen LogP contribution in [0.25, 0.3) is 0 Å². The van der Waals surface area contributed by atoms with E-state index in [0.29, 0.717) is 5.02 Å². The fourth-order valence-corrected chi connectivity index (χ4v) is 2.85. The van der Waals surface area contributed by atoms with Crippen molar-refractivity contribution in [2.24, 2.45) is 0 Å². The van der Waals surface area contributed by atoms with Crippen LogP contribution in [0.5, 0.6) is 0 Å². The second-order valence-electron chi connectivity index (χ2n) is 4.50. The highest BCUT2D eigenvalue weighted by molar-refractivity contribution is 14.1. The fraction of sp³-hybridized carbons (Fsp3) is 0.200. The van der Waals surface area contributed by atoms with Gasteiger partial charge in [-0.25, -0.2) is 4.39 Å². The van der Waals surface area contributed by atoms with Gasteiger partial charge >= 0.3 is 0 Å². The minimum Gasteiger partial charge on any atom is -0.381 e. The van der Waals surface area contributed by atoms with Crippen LogP contribution in [0.2, 0.25) is 5.02 Å². The highest BCUT2D eigenvalue weighted by atomic mass is 127. The van der Waals surface area contributed by atoms with Gasteiger partial charge in [0.1, 0.15) is 5.82 Å². The van der Waals surface area contributed by atoms with Gasteiger partial charge in [0.15, 0.2) is 0 Å². The number of hydrogen-bond acceptors (Lipinski definition) is 1. The SMILES string of the molecule is CC(Cc1cccc(F)c1)Nc1ccc(I)cc1Cl. The fourth-order valence-electron chi connectivity index (χ4n) is 1.94. The number of nitrogens with one attached hydrogen (secondary N) is 1. The van der Waals surface area contributed by atoms with E-state index in [9.17, 15) is 4.39 Å². The Kier molecular flexibility index (Phi) is 5.05. The van der Waals surface area contributed by atoms with Crippen molar-refractivity contribution in [3.05, 3.63) is 62.4 Å². The smallest absolute Gasteiger partial charge is 0.123 e. The number of benzene rings is 2. The Morgan fingerprint density at radius 2 is 2.05 bits per heavy atom. The molecular formula is C15H14ClFIN. The van der Waals surface area contributed by atoms with Crippen LogP contribution in [0.15, 0.2) is 42.5 Å². The van der Waals surface area contributed by atoms with Crippen molar-refractivity contribution >= 4 is 39.9 Å². The normalized spacial score (nSPS) is 12.2. The van der Waals surface area contributed by atoms with Crippen LogP contribution >= 0.6 is 34.2 Å². The van der Waals surface area contributed by atoms with Crippen molar-refractivity contribution in [2.75, 3.05) is 5.32 Å². The average Bonchev–Trinajstić information content (AvgIpc) is 2.33. The average molecular weight is 390 g/mol. The maximum atomic E-state index is 13.1. The lowest BCUT2D eigenvalue weighted by Gasteiger charge is -2.16. The molecule has 0 spiro atoms. The Morgan fingerprint density at radius 1 is 1.26 bits per heavy atom. The molecule has 0 aromatic heterocycles. The first-order valence-corrected chi connectivity index (χ1v) is 7.46. The Balaban J connectivity index is 2.03. The maximum Gasteiger partial charge on any atom is 0.123 e. The van der Waals surface area contributed by atoms with Crippen molar-refractivity contribution in [2.45, 2.75) is 19.4 Å². The van der Waals surface area contributed by atoms with E-state index in [4.69, 9.17) is 11.6 Å². The zero-order chi connectivity index (χ0) is 13.8. The lowest BCUT2D eigenvalue weighted by Crippen LogP contribution is -2.18. The number of halogens is 3. The van der Waals surface area contributed by atoms with E-state index in [-0.39, 0.29) is 11.9 Å². The van der Waals surface area contributed by atoms with E-state index in [1.54, 1.807) is 12.1 Å². The van der Waals surface area contributed by atoms with Crippen LogP contribution in [0.4, 0.5) is 10.1 Å². The maximum absolute atomic E-state index is 13.1. The lowest BCUT2D eigenvalue weighted by molar-refractivity contribution is 0.624. The van der Waals surface area contributed by atoms with Gasteiger partial charge in [-0.2, -0.15) is 0 Å². The highest BCUT2D eigenvalue weighted by Gasteiger charge is 2.07. The van der Waals surface area contributed by atoms with E-state index >= 15 is 0 Å². The van der Waals surface area contributed by atoms with Gasteiger partial charge in [0.2, 0.25) is 0 Å². The van der Waals surface area contributed by atoms with Gasteiger partial charge in [-0.15, -0.1) is 0 Å². The third kappa shape index (κ3) is 4.35. The molecule has 2 rings (SSSR count). The zero-order valence-corrected chi connectivity index (χ0v) is 13.4. The summed E-state index contributed by atoms with van der Waals surface area (Å²) in [7, 11) is 0. The van der Waals surface area contributed by atoms with Crippen LogP contribution < -0.4 is 5.32 Å². The molecule has 0 fully saturated rings. The molecule has 0 bridgehead atoms. The Bertz CT molecular complexity index is 574. The Morgan fingerprint density at radius 3 is 2.74 bits per heavy atom. The third-order valence-electron chi connectivity index (χ3n) is 2.76. The summed E-state index contributed by atoms with van der Waals surface area (Å²) in [5.41, 5.74) is 1.88. The number of anilines is 1. The van der Waals surface area contributed by atoms with Gasteiger partial charge in [-0.3, -0.25) is 0 Å². The molecule has 0 heterocycles. The van der Waals surface area contributed by atoms with Gasteiger partial charge in [-0.05, 0) is 71.8 Å². The first-order chi connectivity index (χ1) is 9.04. The summed E-state index contributed by atoms with van der Waals surface area (Å²) in [5.74, 6) is -0.197. The largest absolute Gasteiger partial charge is 0.381 e. The Hall–Kier alpha value is -0.810. The minimum absolute atomic E-state index is 0.180. The molecule has 1 nitrogen and oxygen atoms in total. The molecular weight excluding hydrogens is 376 g/mol. The van der Waals surface area contributed by atoms with Crippen molar-refractivity contribution in [1.82, 2.24) is 0 Å². The van der Waals surface area contributed by atoms with E-state index in [1.165, 1.54) is 6.07 Å². The monoisotopic (exact) mass is 389 g/mol. The molecule has 2 aromatic rings. The molecule has 0 saturated carbocycles. The van der Waals surface area contributed by atoms with Crippen LogP contribution in [0.1, 0.15) is 12.5 Å². The molecule has 0 aliphatic heterocycles.